The number of likely N-dealkylation sites (N-methyl/N-ethyl adjacent to an activating group) is 1. The number of rotatable bonds is 6. The number of hydrogen-bond donors (Lipinski definition) is 0. The molecule has 2 fully saturated rings. The molecule has 0 bridgehead atoms. The van der Waals surface area contributed by atoms with Crippen LogP contribution in [0, 0.1) is 5.92 Å². The van der Waals surface area contributed by atoms with E-state index in [1.165, 1.54) is 37.0 Å². The highest BCUT2D eigenvalue weighted by Crippen LogP contribution is 2.27. The van der Waals surface area contributed by atoms with Crippen molar-refractivity contribution < 1.29 is 14.3 Å². The van der Waals surface area contributed by atoms with Crippen molar-refractivity contribution in [2.45, 2.75) is 45.4 Å². The van der Waals surface area contributed by atoms with Crippen LogP contribution in [-0.2, 0) is 4.74 Å². The van der Waals surface area contributed by atoms with Gasteiger partial charge in [0.1, 0.15) is 5.75 Å². The SMILES string of the molecule is CCN1C(=O)O/C(=C\c2ccc(OCCC3CCCCC3)cc2)C1=S. The topological polar surface area (TPSA) is 38.8 Å². The van der Waals surface area contributed by atoms with Crippen LogP contribution in [0.4, 0.5) is 4.79 Å². The number of carbonyl (C=O) groups is 1. The van der Waals surface area contributed by atoms with Gasteiger partial charge in [-0.05, 0) is 43.0 Å². The third-order valence-corrected chi connectivity index (χ3v) is 5.31. The maximum Gasteiger partial charge on any atom is 0.420 e. The van der Waals surface area contributed by atoms with Crippen LogP contribution in [-0.4, -0.2) is 29.1 Å². The normalized spacial score (nSPS) is 20.2. The van der Waals surface area contributed by atoms with Crippen LogP contribution < -0.4 is 4.74 Å². The van der Waals surface area contributed by atoms with Gasteiger partial charge in [0.05, 0.1) is 6.61 Å². The molecule has 0 radical (unpaired) electrons. The van der Waals surface area contributed by atoms with Gasteiger partial charge in [0.2, 0.25) is 0 Å². The molecule has 0 aromatic heterocycles. The number of hydrogen-bond acceptors (Lipinski definition) is 4. The number of cyclic esters (lactones) is 1. The summed E-state index contributed by atoms with van der Waals surface area (Å²) in [5, 5.41) is 0. The number of amides is 1. The molecule has 25 heavy (non-hydrogen) atoms. The summed E-state index contributed by atoms with van der Waals surface area (Å²) in [4.78, 5) is 13.6. The zero-order valence-electron chi connectivity index (χ0n) is 14.7. The van der Waals surface area contributed by atoms with Crippen LogP contribution >= 0.6 is 12.2 Å². The van der Waals surface area contributed by atoms with Gasteiger partial charge in [-0.1, -0.05) is 56.5 Å². The summed E-state index contributed by atoms with van der Waals surface area (Å²) < 4.78 is 11.1. The van der Waals surface area contributed by atoms with Crippen LogP contribution in [0.25, 0.3) is 6.08 Å². The van der Waals surface area contributed by atoms with Gasteiger partial charge in [0.25, 0.3) is 0 Å². The van der Waals surface area contributed by atoms with Crippen molar-refractivity contribution >= 4 is 29.4 Å². The Bertz CT molecular complexity index is 647. The monoisotopic (exact) mass is 359 g/mol. The molecular weight excluding hydrogens is 334 g/mol. The summed E-state index contributed by atoms with van der Waals surface area (Å²) in [5.41, 5.74) is 0.933. The summed E-state index contributed by atoms with van der Waals surface area (Å²) in [6.07, 6.45) is 9.37. The molecule has 1 aromatic rings. The Morgan fingerprint density at radius 2 is 1.96 bits per heavy atom. The summed E-state index contributed by atoms with van der Waals surface area (Å²) in [5.74, 6) is 2.14. The average Bonchev–Trinajstić information content (AvgIpc) is 2.90. The zero-order chi connectivity index (χ0) is 17.6. The van der Waals surface area contributed by atoms with Gasteiger partial charge in [-0.25, -0.2) is 4.79 Å². The van der Waals surface area contributed by atoms with Crippen LogP contribution in [0.15, 0.2) is 30.0 Å². The molecule has 1 aliphatic heterocycles. The van der Waals surface area contributed by atoms with Gasteiger partial charge < -0.3 is 9.47 Å². The molecule has 1 saturated carbocycles. The highest BCUT2D eigenvalue weighted by molar-refractivity contribution is 7.80. The molecule has 1 saturated heterocycles. The third kappa shape index (κ3) is 4.60. The van der Waals surface area contributed by atoms with E-state index in [4.69, 9.17) is 21.7 Å². The van der Waals surface area contributed by atoms with Crippen molar-refractivity contribution in [3.05, 3.63) is 35.6 Å². The lowest BCUT2D eigenvalue weighted by molar-refractivity contribution is 0.173. The molecule has 0 spiro atoms. The summed E-state index contributed by atoms with van der Waals surface area (Å²) in [6.45, 7) is 3.16. The van der Waals surface area contributed by atoms with E-state index in [-0.39, 0.29) is 0 Å². The van der Waals surface area contributed by atoms with Crippen molar-refractivity contribution in [2.24, 2.45) is 5.92 Å². The van der Waals surface area contributed by atoms with Gasteiger partial charge >= 0.3 is 6.09 Å². The zero-order valence-corrected chi connectivity index (χ0v) is 15.5. The minimum atomic E-state index is -0.401. The molecule has 0 unspecified atom stereocenters. The second-order valence-corrected chi connectivity index (χ2v) is 7.02. The van der Waals surface area contributed by atoms with E-state index in [0.29, 0.717) is 17.3 Å². The standard InChI is InChI=1S/C20H25NO3S/c1-2-21-19(25)18(24-20(21)22)14-16-8-10-17(11-9-16)23-13-12-15-6-4-3-5-7-15/h8-11,14-15H,2-7,12-13H2,1H3/b18-14-. The first kappa shape index (κ1) is 17.9. The van der Waals surface area contributed by atoms with Crippen molar-refractivity contribution in [1.82, 2.24) is 4.90 Å². The lowest BCUT2D eigenvalue weighted by Crippen LogP contribution is -2.26. The Morgan fingerprint density at radius 3 is 2.60 bits per heavy atom. The van der Waals surface area contributed by atoms with Crippen molar-refractivity contribution in [1.29, 1.82) is 0 Å². The number of benzene rings is 1. The molecule has 1 heterocycles. The number of thiocarbonyl (C=S) groups is 1. The van der Waals surface area contributed by atoms with E-state index in [1.54, 1.807) is 6.08 Å². The average molecular weight is 359 g/mol. The van der Waals surface area contributed by atoms with E-state index in [2.05, 4.69) is 0 Å². The molecular formula is C20H25NO3S. The first-order valence-electron chi connectivity index (χ1n) is 9.15. The maximum atomic E-state index is 11.7. The second-order valence-electron chi connectivity index (χ2n) is 6.64. The van der Waals surface area contributed by atoms with Crippen molar-refractivity contribution in [3.8, 4) is 5.75 Å². The molecule has 5 heteroatoms. The largest absolute Gasteiger partial charge is 0.494 e. The minimum Gasteiger partial charge on any atom is -0.494 e. The predicted octanol–water partition coefficient (Wildman–Crippen LogP) is 5.18. The fourth-order valence-corrected chi connectivity index (χ4v) is 3.71. The summed E-state index contributed by atoms with van der Waals surface area (Å²) in [6, 6.07) is 7.80. The Balaban J connectivity index is 1.53. The van der Waals surface area contributed by atoms with Crippen LogP contribution in [0.1, 0.15) is 51.0 Å². The minimum absolute atomic E-state index is 0.401. The number of ether oxygens (including phenoxy) is 2. The number of carbonyl (C=O) groups excluding carboxylic acids is 1. The highest BCUT2D eigenvalue weighted by atomic mass is 32.1. The second kappa shape index (κ2) is 8.48. The molecule has 0 N–H and O–H groups in total. The molecule has 4 nitrogen and oxygen atoms in total. The van der Waals surface area contributed by atoms with E-state index in [0.717, 1.165) is 30.3 Å². The quantitative estimate of drug-likeness (QED) is 0.518. The molecule has 1 aliphatic carbocycles. The Labute approximate surface area is 154 Å². The molecule has 0 atom stereocenters. The van der Waals surface area contributed by atoms with E-state index in [9.17, 15) is 4.79 Å². The van der Waals surface area contributed by atoms with Crippen molar-refractivity contribution in [2.75, 3.05) is 13.2 Å². The number of nitrogens with zero attached hydrogens (tertiary/aromatic N) is 1. The van der Waals surface area contributed by atoms with E-state index in [1.807, 2.05) is 31.2 Å². The summed E-state index contributed by atoms with van der Waals surface area (Å²) >= 11 is 5.27. The lowest BCUT2D eigenvalue weighted by atomic mass is 9.87. The van der Waals surface area contributed by atoms with Crippen LogP contribution in [0.5, 0.6) is 5.75 Å². The Hall–Kier alpha value is -1.88. The van der Waals surface area contributed by atoms with Gasteiger partial charge in [-0.2, -0.15) is 0 Å². The molecule has 1 amide bonds. The van der Waals surface area contributed by atoms with E-state index < -0.39 is 6.09 Å². The van der Waals surface area contributed by atoms with Crippen molar-refractivity contribution in [3.63, 3.8) is 0 Å². The van der Waals surface area contributed by atoms with Gasteiger partial charge in [0, 0.05) is 6.54 Å². The molecule has 134 valence electrons. The van der Waals surface area contributed by atoms with Gasteiger partial charge in [0.15, 0.2) is 10.7 Å². The van der Waals surface area contributed by atoms with Gasteiger partial charge in [-0.3, -0.25) is 4.90 Å². The predicted molar refractivity (Wildman–Crippen MR) is 103 cm³/mol. The first-order valence-corrected chi connectivity index (χ1v) is 9.56. The molecule has 1 aromatic carbocycles. The highest BCUT2D eigenvalue weighted by Gasteiger charge is 2.31. The summed E-state index contributed by atoms with van der Waals surface area (Å²) in [7, 11) is 0. The van der Waals surface area contributed by atoms with Crippen LogP contribution in [0.3, 0.4) is 0 Å². The third-order valence-electron chi connectivity index (χ3n) is 4.89. The van der Waals surface area contributed by atoms with Crippen LogP contribution in [0.2, 0.25) is 0 Å². The Morgan fingerprint density at radius 1 is 1.24 bits per heavy atom. The fraction of sp³-hybridized carbons (Fsp3) is 0.500. The fourth-order valence-electron chi connectivity index (χ4n) is 3.40. The molecule has 3 rings (SSSR count). The maximum absolute atomic E-state index is 11.7. The van der Waals surface area contributed by atoms with Gasteiger partial charge in [-0.15, -0.1) is 0 Å². The molecule has 2 aliphatic rings. The van der Waals surface area contributed by atoms with E-state index >= 15 is 0 Å². The first-order chi connectivity index (χ1) is 12.2. The smallest absolute Gasteiger partial charge is 0.420 e. The Kier molecular flexibility index (Phi) is 6.08. The lowest BCUT2D eigenvalue weighted by Gasteiger charge is -2.21.